The van der Waals surface area contributed by atoms with E-state index in [9.17, 15) is 33.6 Å². The van der Waals surface area contributed by atoms with Crippen LogP contribution < -0.4 is 27.0 Å². The van der Waals surface area contributed by atoms with Crippen molar-refractivity contribution in [2.24, 2.45) is 17.6 Å². The predicted octanol–water partition coefficient (Wildman–Crippen LogP) is 0.780. The van der Waals surface area contributed by atoms with E-state index in [1.165, 1.54) is 12.2 Å². The topological polar surface area (TPSA) is 243 Å². The van der Waals surface area contributed by atoms with Crippen molar-refractivity contribution in [1.29, 1.82) is 0 Å². The fraction of sp³-hybridized carbons (Fsp3) is 0.595. The first-order valence-electron chi connectivity index (χ1n) is 18.3. The van der Waals surface area contributed by atoms with Crippen molar-refractivity contribution in [3.05, 3.63) is 42.0 Å². The maximum Gasteiger partial charge on any atom is 0.312 e. The fourth-order valence-electron chi connectivity index (χ4n) is 4.80. The van der Waals surface area contributed by atoms with E-state index in [0.717, 1.165) is 10.5 Å². The van der Waals surface area contributed by atoms with Gasteiger partial charge in [0.25, 0.3) is 11.8 Å². The Kier molecular flexibility index (Phi) is 21.9. The van der Waals surface area contributed by atoms with Gasteiger partial charge in [0.1, 0.15) is 18.7 Å². The lowest BCUT2D eigenvalue weighted by Gasteiger charge is -2.25. The average molecular weight is 777 g/mol. The first-order valence-corrected chi connectivity index (χ1v) is 18.3. The molecule has 1 aromatic rings. The Balaban J connectivity index is 1.70. The van der Waals surface area contributed by atoms with Gasteiger partial charge in [-0.2, -0.15) is 0 Å². The Morgan fingerprint density at radius 2 is 1.31 bits per heavy atom. The molecule has 0 aliphatic carbocycles. The van der Waals surface area contributed by atoms with Crippen molar-refractivity contribution < 1.29 is 57.2 Å². The molecule has 1 heterocycles. The molecule has 2 rings (SSSR count). The van der Waals surface area contributed by atoms with Crippen LogP contribution in [0.4, 0.5) is 10.5 Å². The maximum atomic E-state index is 13.4. The maximum absolute atomic E-state index is 13.4. The van der Waals surface area contributed by atoms with Crippen LogP contribution in [0.25, 0.3) is 0 Å². The third-order valence-electron chi connectivity index (χ3n) is 7.89. The van der Waals surface area contributed by atoms with E-state index in [1.807, 2.05) is 0 Å². The van der Waals surface area contributed by atoms with Crippen molar-refractivity contribution in [2.75, 3.05) is 71.3 Å². The van der Waals surface area contributed by atoms with Gasteiger partial charge in [0.15, 0.2) is 0 Å². The predicted molar refractivity (Wildman–Crippen MR) is 199 cm³/mol. The van der Waals surface area contributed by atoms with E-state index >= 15 is 0 Å². The smallest absolute Gasteiger partial charge is 0.312 e. The van der Waals surface area contributed by atoms with Gasteiger partial charge in [-0.15, -0.1) is 0 Å². The third kappa shape index (κ3) is 19.3. The van der Waals surface area contributed by atoms with Gasteiger partial charge < -0.3 is 50.7 Å². The van der Waals surface area contributed by atoms with Crippen LogP contribution in [-0.2, 0) is 59.1 Å². The molecule has 6 N–H and O–H groups in total. The van der Waals surface area contributed by atoms with Gasteiger partial charge in [-0.25, -0.2) is 4.79 Å². The minimum absolute atomic E-state index is 0.00836. The summed E-state index contributed by atoms with van der Waals surface area (Å²) in [5, 5.41) is 10.7. The van der Waals surface area contributed by atoms with Gasteiger partial charge in [0.2, 0.25) is 17.7 Å². The Hall–Kier alpha value is -4.91. The lowest BCUT2D eigenvalue weighted by Crippen LogP contribution is -2.54. The molecule has 1 aromatic carbocycles. The molecular formula is C37H56N6O12. The van der Waals surface area contributed by atoms with Crippen molar-refractivity contribution in [2.45, 2.75) is 65.6 Å². The molecule has 0 bridgehead atoms. The molecule has 0 saturated carbocycles. The summed E-state index contributed by atoms with van der Waals surface area (Å²) in [5.41, 5.74) is 6.33. The van der Waals surface area contributed by atoms with E-state index < -0.39 is 35.8 Å². The summed E-state index contributed by atoms with van der Waals surface area (Å²) >= 11 is 0. The van der Waals surface area contributed by atoms with Crippen LogP contribution in [0.2, 0.25) is 0 Å². The number of nitrogens with one attached hydrogen (secondary N) is 4. The van der Waals surface area contributed by atoms with E-state index in [1.54, 1.807) is 52.0 Å². The van der Waals surface area contributed by atoms with Crippen molar-refractivity contribution in [3.8, 4) is 0 Å². The lowest BCUT2D eigenvalue weighted by molar-refractivity contribution is -0.148. The largest absolute Gasteiger partial charge is 0.461 e. The quantitative estimate of drug-likeness (QED) is 0.0451. The molecule has 0 spiro atoms. The number of imide groups is 1. The summed E-state index contributed by atoms with van der Waals surface area (Å²) < 4.78 is 26.9. The number of primary amides is 1. The number of amides is 7. The van der Waals surface area contributed by atoms with Crippen LogP contribution in [0.1, 0.15) is 52.5 Å². The van der Waals surface area contributed by atoms with Crippen LogP contribution in [0.3, 0.4) is 0 Å². The summed E-state index contributed by atoms with van der Waals surface area (Å²) in [4.78, 5) is 86.3. The van der Waals surface area contributed by atoms with Crippen LogP contribution in [0, 0.1) is 11.8 Å². The number of nitrogens with two attached hydrogens (primary N) is 1. The van der Waals surface area contributed by atoms with Crippen LogP contribution >= 0.6 is 0 Å². The third-order valence-corrected chi connectivity index (χ3v) is 7.89. The Morgan fingerprint density at radius 1 is 0.745 bits per heavy atom. The number of urea groups is 1. The standard InChI is InChI=1S/C37H56N6O12/c1-25(2)33(42-30(44)13-16-51-18-20-53-22-23-54-21-19-52-17-15-43-31(45)11-12-32(43)46)35(48)41-29(6-5-14-39-37(38)50)34(47)40-28-9-7-27(8-10-28)24-55-36(49)26(3)4/h7-12,25-26,29,33H,5-6,13-24H2,1-4H3,(H,40,47)(H,41,48)(H,42,44)(H3,38,39,50)/t29-,33-/m0/s1. The number of nitrogens with zero attached hydrogens (tertiary/aromatic N) is 1. The van der Waals surface area contributed by atoms with Crippen LogP contribution in [-0.4, -0.2) is 124 Å². The molecular weight excluding hydrogens is 720 g/mol. The van der Waals surface area contributed by atoms with Crippen molar-refractivity contribution >= 4 is 47.2 Å². The number of hydrogen-bond donors (Lipinski definition) is 5. The first-order chi connectivity index (χ1) is 26.3. The van der Waals surface area contributed by atoms with Gasteiger partial charge in [-0.1, -0.05) is 39.8 Å². The van der Waals surface area contributed by atoms with E-state index in [4.69, 9.17) is 29.4 Å². The molecule has 0 saturated heterocycles. The molecule has 18 heteroatoms. The Morgan fingerprint density at radius 3 is 1.85 bits per heavy atom. The second-order valence-electron chi connectivity index (χ2n) is 13.1. The lowest BCUT2D eigenvalue weighted by atomic mass is 10.0. The Labute approximate surface area is 321 Å². The van der Waals surface area contributed by atoms with E-state index in [0.29, 0.717) is 38.5 Å². The zero-order valence-corrected chi connectivity index (χ0v) is 32.1. The summed E-state index contributed by atoms with van der Waals surface area (Å²) in [6.07, 6.45) is 2.94. The van der Waals surface area contributed by atoms with E-state index in [2.05, 4.69) is 21.3 Å². The zero-order chi connectivity index (χ0) is 40.6. The van der Waals surface area contributed by atoms with Crippen LogP contribution in [0.15, 0.2) is 36.4 Å². The molecule has 1 aliphatic rings. The van der Waals surface area contributed by atoms with Crippen LogP contribution in [0.5, 0.6) is 0 Å². The summed E-state index contributed by atoms with van der Waals surface area (Å²) in [5.74, 6) is -3.05. The van der Waals surface area contributed by atoms with Gasteiger partial charge >= 0.3 is 12.0 Å². The molecule has 0 unspecified atom stereocenters. The summed E-state index contributed by atoms with van der Waals surface area (Å²) in [6.45, 7) is 9.58. The normalized spacial score (nSPS) is 13.5. The molecule has 306 valence electrons. The molecule has 55 heavy (non-hydrogen) atoms. The number of carbonyl (C=O) groups excluding carboxylic acids is 7. The zero-order valence-electron chi connectivity index (χ0n) is 32.1. The molecule has 0 fully saturated rings. The highest BCUT2D eigenvalue weighted by molar-refractivity contribution is 6.12. The molecule has 1 aliphatic heterocycles. The first kappa shape index (κ1) is 46.2. The van der Waals surface area contributed by atoms with Gasteiger partial charge in [-0.05, 0) is 36.5 Å². The summed E-state index contributed by atoms with van der Waals surface area (Å²) in [7, 11) is 0. The SMILES string of the molecule is CC(C)C(=O)OCc1ccc(NC(=O)[C@H](CCCNC(N)=O)NC(=O)[C@@H](NC(=O)CCOCCOCCOCCOCCN2C(=O)C=CC2=O)C(C)C)cc1. The molecule has 18 nitrogen and oxygen atoms in total. The summed E-state index contributed by atoms with van der Waals surface area (Å²) in [6, 6.07) is 4.06. The van der Waals surface area contributed by atoms with Gasteiger partial charge in [-0.3, -0.25) is 33.7 Å². The van der Waals surface area contributed by atoms with Crippen molar-refractivity contribution in [3.63, 3.8) is 0 Å². The molecule has 2 atom stereocenters. The number of anilines is 1. The number of rotatable bonds is 28. The highest BCUT2D eigenvalue weighted by atomic mass is 16.6. The van der Waals surface area contributed by atoms with E-state index in [-0.39, 0.29) is 88.6 Å². The number of esters is 1. The molecule has 7 amide bonds. The highest BCUT2D eigenvalue weighted by Crippen LogP contribution is 2.13. The second-order valence-corrected chi connectivity index (χ2v) is 13.1. The minimum atomic E-state index is -1.00. The second kappa shape index (κ2) is 26.0. The number of ether oxygens (including phenoxy) is 5. The number of hydrogen-bond acceptors (Lipinski definition) is 12. The number of benzene rings is 1. The average Bonchev–Trinajstić information content (AvgIpc) is 3.46. The highest BCUT2D eigenvalue weighted by Gasteiger charge is 2.29. The monoisotopic (exact) mass is 776 g/mol. The van der Waals surface area contributed by atoms with Crippen molar-refractivity contribution in [1.82, 2.24) is 20.9 Å². The van der Waals surface area contributed by atoms with Gasteiger partial charge in [0.05, 0.1) is 65.3 Å². The fourth-order valence-corrected chi connectivity index (χ4v) is 4.80. The molecule has 0 radical (unpaired) electrons. The minimum Gasteiger partial charge on any atom is -0.461 e. The van der Waals surface area contributed by atoms with Gasteiger partial charge in [0, 0.05) is 30.8 Å². The molecule has 0 aromatic heterocycles. The number of carbonyl (C=O) groups is 7. The Bertz CT molecular complexity index is 1420.